The fourth-order valence-corrected chi connectivity index (χ4v) is 2.55. The Morgan fingerprint density at radius 2 is 1.69 bits per heavy atom. The molecule has 1 aromatic carbocycles. The van der Waals surface area contributed by atoms with Gasteiger partial charge < -0.3 is 4.90 Å². The number of pyridine rings is 1. The van der Waals surface area contributed by atoms with Crippen molar-refractivity contribution in [2.24, 2.45) is 0 Å². The Labute approximate surface area is 151 Å². The largest absolute Gasteiger partial charge is 0.416 e. The maximum absolute atomic E-state index is 12.7. The van der Waals surface area contributed by atoms with E-state index in [-0.39, 0.29) is 5.91 Å². The van der Waals surface area contributed by atoms with E-state index in [9.17, 15) is 18.0 Å². The van der Waals surface area contributed by atoms with Crippen LogP contribution < -0.4 is 5.32 Å². The van der Waals surface area contributed by atoms with Crippen LogP contribution in [0.5, 0.6) is 0 Å². The Kier molecular flexibility index (Phi) is 5.71. The van der Waals surface area contributed by atoms with Gasteiger partial charge >= 0.3 is 6.18 Å². The van der Waals surface area contributed by atoms with Gasteiger partial charge in [-0.3, -0.25) is 15.1 Å². The van der Waals surface area contributed by atoms with Gasteiger partial charge in [0.1, 0.15) is 0 Å². The van der Waals surface area contributed by atoms with Gasteiger partial charge in [-0.2, -0.15) is 13.2 Å². The summed E-state index contributed by atoms with van der Waals surface area (Å²) in [5.74, 6) is -0.0589. The summed E-state index contributed by atoms with van der Waals surface area (Å²) < 4.78 is 38.0. The number of nitrogens with zero attached hydrogens (tertiary/aromatic N) is 2. The molecule has 0 aliphatic carbocycles. The molecule has 140 valence electrons. The Bertz CT molecular complexity index is 768. The van der Waals surface area contributed by atoms with Gasteiger partial charge in [-0.1, -0.05) is 12.1 Å². The van der Waals surface area contributed by atoms with Crippen LogP contribution in [0.2, 0.25) is 0 Å². The second-order valence-electron chi connectivity index (χ2n) is 6.79. The van der Waals surface area contributed by atoms with Crippen LogP contribution in [-0.4, -0.2) is 35.4 Å². The third-order valence-corrected chi connectivity index (χ3v) is 4.01. The number of aromatic nitrogens is 1. The summed E-state index contributed by atoms with van der Waals surface area (Å²) in [5, 5.41) is 3.16. The zero-order valence-electron chi connectivity index (χ0n) is 15.2. The van der Waals surface area contributed by atoms with Crippen molar-refractivity contribution in [2.75, 3.05) is 14.1 Å². The molecule has 0 unspecified atom stereocenters. The molecule has 0 fully saturated rings. The Morgan fingerprint density at radius 3 is 2.23 bits per heavy atom. The number of hydrogen-bond acceptors (Lipinski definition) is 3. The van der Waals surface area contributed by atoms with Gasteiger partial charge in [0.05, 0.1) is 16.8 Å². The molecule has 0 aliphatic heterocycles. The summed E-state index contributed by atoms with van der Waals surface area (Å²) in [5.41, 5.74) is 0.700. The molecular formula is C19H22F3N3O. The molecule has 0 saturated heterocycles. The third kappa shape index (κ3) is 4.82. The molecule has 0 atom stereocenters. The number of nitrogens with one attached hydrogen (secondary N) is 1. The Morgan fingerprint density at radius 1 is 1.08 bits per heavy atom. The Hall–Kier alpha value is -2.41. The molecule has 1 N–H and O–H groups in total. The van der Waals surface area contributed by atoms with Crippen molar-refractivity contribution in [2.45, 2.75) is 32.1 Å². The number of amides is 1. The van der Waals surface area contributed by atoms with Crippen molar-refractivity contribution < 1.29 is 18.0 Å². The van der Waals surface area contributed by atoms with E-state index in [4.69, 9.17) is 0 Å². The fraction of sp³-hybridized carbons (Fsp3) is 0.368. The van der Waals surface area contributed by atoms with E-state index in [1.165, 1.54) is 17.0 Å². The molecule has 0 saturated carbocycles. The predicted octanol–water partition coefficient (Wildman–Crippen LogP) is 3.72. The molecule has 1 aromatic heterocycles. The van der Waals surface area contributed by atoms with Crippen LogP contribution in [0.4, 0.5) is 13.2 Å². The molecule has 0 bridgehead atoms. The van der Waals surface area contributed by atoms with E-state index in [0.29, 0.717) is 17.8 Å². The first-order valence-corrected chi connectivity index (χ1v) is 8.10. The number of rotatable bonds is 5. The highest BCUT2D eigenvalue weighted by Gasteiger charge is 2.30. The highest BCUT2D eigenvalue weighted by molar-refractivity contribution is 5.85. The number of alkyl halides is 3. The normalized spacial score (nSPS) is 12.1. The van der Waals surface area contributed by atoms with Crippen LogP contribution in [0.25, 0.3) is 11.1 Å². The monoisotopic (exact) mass is 365 g/mol. The summed E-state index contributed by atoms with van der Waals surface area (Å²) >= 11 is 0. The van der Waals surface area contributed by atoms with Crippen molar-refractivity contribution in [1.82, 2.24) is 15.2 Å². The second-order valence-corrected chi connectivity index (χ2v) is 6.79. The van der Waals surface area contributed by atoms with Gasteiger partial charge in [-0.05, 0) is 49.2 Å². The van der Waals surface area contributed by atoms with Crippen LogP contribution in [0.1, 0.15) is 25.1 Å². The van der Waals surface area contributed by atoms with Crippen LogP contribution in [-0.2, 0) is 17.5 Å². The van der Waals surface area contributed by atoms with Crippen LogP contribution in [0.15, 0.2) is 42.6 Å². The van der Waals surface area contributed by atoms with Crippen LogP contribution in [0.3, 0.4) is 0 Å². The molecule has 0 spiro atoms. The van der Waals surface area contributed by atoms with Gasteiger partial charge in [0.2, 0.25) is 5.91 Å². The second kappa shape index (κ2) is 7.45. The molecule has 1 heterocycles. The van der Waals surface area contributed by atoms with Gasteiger partial charge in [-0.15, -0.1) is 0 Å². The number of likely N-dealkylation sites (N-methyl/N-ethyl adjacent to an activating group) is 1. The van der Waals surface area contributed by atoms with Crippen LogP contribution in [0, 0.1) is 0 Å². The lowest BCUT2D eigenvalue weighted by Gasteiger charge is -2.28. The smallest absolute Gasteiger partial charge is 0.347 e. The fourth-order valence-electron chi connectivity index (χ4n) is 2.55. The average Bonchev–Trinajstić information content (AvgIpc) is 2.59. The lowest BCUT2D eigenvalue weighted by molar-refractivity contribution is -0.137. The highest BCUT2D eigenvalue weighted by Crippen LogP contribution is 2.31. The lowest BCUT2D eigenvalue weighted by atomic mass is 10.0. The standard InChI is InChI=1S/C19H22F3N3O/c1-18(2,17(26)25(3)4)24-12-16-11-14(9-10-23-16)13-5-7-15(8-6-13)19(20,21)22/h5-11,24H,12H2,1-4H3. The molecule has 2 rings (SSSR count). The first-order valence-electron chi connectivity index (χ1n) is 8.10. The van der Waals surface area contributed by atoms with E-state index in [0.717, 1.165) is 17.7 Å². The summed E-state index contributed by atoms with van der Waals surface area (Å²) in [6, 6.07) is 8.54. The summed E-state index contributed by atoms with van der Waals surface area (Å²) in [4.78, 5) is 17.9. The first-order chi connectivity index (χ1) is 12.0. The minimum Gasteiger partial charge on any atom is -0.347 e. The average molecular weight is 365 g/mol. The van der Waals surface area contributed by atoms with E-state index in [1.807, 2.05) is 0 Å². The maximum Gasteiger partial charge on any atom is 0.416 e. The van der Waals surface area contributed by atoms with Crippen molar-refractivity contribution in [1.29, 1.82) is 0 Å². The number of carbonyl (C=O) groups is 1. The zero-order chi connectivity index (χ0) is 19.5. The van der Waals surface area contributed by atoms with Gasteiger partial charge in [0.25, 0.3) is 0 Å². The van der Waals surface area contributed by atoms with E-state index < -0.39 is 17.3 Å². The summed E-state index contributed by atoms with van der Waals surface area (Å²) in [6.45, 7) is 3.94. The van der Waals surface area contributed by atoms with Crippen molar-refractivity contribution in [3.8, 4) is 11.1 Å². The quantitative estimate of drug-likeness (QED) is 0.878. The van der Waals surface area contributed by atoms with Crippen molar-refractivity contribution in [3.63, 3.8) is 0 Å². The predicted molar refractivity (Wildman–Crippen MR) is 94.3 cm³/mol. The van der Waals surface area contributed by atoms with Gasteiger partial charge in [0.15, 0.2) is 0 Å². The minimum atomic E-state index is -4.35. The third-order valence-electron chi connectivity index (χ3n) is 4.01. The summed E-state index contributed by atoms with van der Waals surface area (Å²) in [7, 11) is 3.38. The molecule has 0 radical (unpaired) electrons. The highest BCUT2D eigenvalue weighted by atomic mass is 19.4. The molecule has 4 nitrogen and oxygen atoms in total. The molecule has 26 heavy (non-hydrogen) atoms. The minimum absolute atomic E-state index is 0.0589. The van der Waals surface area contributed by atoms with E-state index in [1.54, 1.807) is 46.3 Å². The van der Waals surface area contributed by atoms with Gasteiger partial charge in [-0.25, -0.2) is 0 Å². The first kappa shape index (κ1) is 19.9. The van der Waals surface area contributed by atoms with E-state index in [2.05, 4.69) is 10.3 Å². The number of carbonyl (C=O) groups excluding carboxylic acids is 1. The molecule has 1 amide bonds. The summed E-state index contributed by atoms with van der Waals surface area (Å²) in [6.07, 6.45) is -2.75. The maximum atomic E-state index is 12.7. The molecule has 0 aliphatic rings. The number of benzene rings is 1. The van der Waals surface area contributed by atoms with Gasteiger partial charge in [0, 0.05) is 26.8 Å². The number of halogens is 3. The molecule has 7 heteroatoms. The van der Waals surface area contributed by atoms with Crippen molar-refractivity contribution >= 4 is 5.91 Å². The number of hydrogen-bond donors (Lipinski definition) is 1. The Balaban J connectivity index is 2.14. The topological polar surface area (TPSA) is 45.2 Å². The van der Waals surface area contributed by atoms with Crippen molar-refractivity contribution in [3.05, 3.63) is 53.9 Å². The van der Waals surface area contributed by atoms with E-state index >= 15 is 0 Å². The lowest BCUT2D eigenvalue weighted by Crippen LogP contribution is -2.51. The SMILES string of the molecule is CN(C)C(=O)C(C)(C)NCc1cc(-c2ccc(C(F)(F)F)cc2)ccn1. The molecular weight excluding hydrogens is 343 g/mol. The van der Waals surface area contributed by atoms with Crippen LogP contribution >= 0.6 is 0 Å². The molecule has 2 aromatic rings. The zero-order valence-corrected chi connectivity index (χ0v) is 15.2.